The molecule has 1 fully saturated rings. The first-order chi connectivity index (χ1) is 9.18. The summed E-state index contributed by atoms with van der Waals surface area (Å²) in [4.78, 5) is 4.24. The fourth-order valence-corrected chi connectivity index (χ4v) is 4.70. The largest absolute Gasteiger partial charge is 0.325 e. The Morgan fingerprint density at radius 2 is 2.16 bits per heavy atom. The normalized spacial score (nSPS) is 27.2. The molecule has 3 rings (SSSR count). The van der Waals surface area contributed by atoms with Gasteiger partial charge >= 0.3 is 0 Å². The second-order valence-electron chi connectivity index (χ2n) is 6.43. The number of hydrogen-bond donors (Lipinski definition) is 1. The predicted molar refractivity (Wildman–Crippen MR) is 82.6 cm³/mol. The Morgan fingerprint density at radius 3 is 2.95 bits per heavy atom. The third kappa shape index (κ3) is 2.88. The van der Waals surface area contributed by atoms with Gasteiger partial charge in [0.1, 0.15) is 0 Å². The van der Waals surface area contributed by atoms with Crippen molar-refractivity contribution in [2.24, 2.45) is 5.73 Å². The molecule has 1 aliphatic carbocycles. The van der Waals surface area contributed by atoms with Gasteiger partial charge in [-0.15, -0.1) is 11.3 Å². The number of hydrogen-bond acceptors (Lipinski definition) is 3. The zero-order valence-corrected chi connectivity index (χ0v) is 12.8. The Balaban J connectivity index is 1.59. The van der Waals surface area contributed by atoms with Crippen LogP contribution in [0.4, 0.5) is 0 Å². The van der Waals surface area contributed by atoms with E-state index in [1.807, 2.05) is 11.3 Å². The molecule has 0 radical (unpaired) electrons. The monoisotopic (exact) mass is 278 g/mol. The van der Waals surface area contributed by atoms with Crippen LogP contribution >= 0.6 is 11.3 Å². The van der Waals surface area contributed by atoms with Gasteiger partial charge in [0.05, 0.1) is 0 Å². The average molecular weight is 278 g/mol. The predicted octanol–water partition coefficient (Wildman–Crippen LogP) is 3.72. The SMILES string of the molecule is CC1c2ccsc2CCN1CCC1(N)CCCCC1. The molecule has 0 bridgehead atoms. The number of fused-ring (bicyclic) bond motifs is 1. The summed E-state index contributed by atoms with van der Waals surface area (Å²) in [6.45, 7) is 4.74. The van der Waals surface area contributed by atoms with Gasteiger partial charge < -0.3 is 5.73 Å². The van der Waals surface area contributed by atoms with E-state index in [2.05, 4.69) is 23.3 Å². The molecule has 1 aromatic rings. The van der Waals surface area contributed by atoms with E-state index < -0.39 is 0 Å². The van der Waals surface area contributed by atoms with E-state index in [0.29, 0.717) is 6.04 Å². The van der Waals surface area contributed by atoms with Crippen LogP contribution < -0.4 is 5.73 Å². The van der Waals surface area contributed by atoms with Gasteiger partial charge in [-0.3, -0.25) is 4.90 Å². The van der Waals surface area contributed by atoms with Gasteiger partial charge in [0.25, 0.3) is 0 Å². The van der Waals surface area contributed by atoms with E-state index in [1.165, 1.54) is 58.0 Å². The fourth-order valence-electron chi connectivity index (χ4n) is 3.74. The van der Waals surface area contributed by atoms with Crippen molar-refractivity contribution in [1.82, 2.24) is 4.90 Å². The van der Waals surface area contributed by atoms with Crippen molar-refractivity contribution < 1.29 is 0 Å². The molecule has 1 aliphatic heterocycles. The summed E-state index contributed by atoms with van der Waals surface area (Å²) < 4.78 is 0. The van der Waals surface area contributed by atoms with Crippen LogP contribution in [0.1, 0.15) is 61.9 Å². The third-order valence-corrected chi connectivity index (χ3v) is 6.15. The quantitative estimate of drug-likeness (QED) is 0.913. The first kappa shape index (κ1) is 13.6. The van der Waals surface area contributed by atoms with E-state index >= 15 is 0 Å². The van der Waals surface area contributed by atoms with Crippen LogP contribution in [0.15, 0.2) is 11.4 Å². The summed E-state index contributed by atoms with van der Waals surface area (Å²) in [5.41, 5.74) is 8.26. The fraction of sp³-hybridized carbons (Fsp3) is 0.750. The topological polar surface area (TPSA) is 29.3 Å². The highest BCUT2D eigenvalue weighted by Crippen LogP contribution is 2.34. The van der Waals surface area contributed by atoms with Crippen LogP contribution in [0.3, 0.4) is 0 Å². The first-order valence-electron chi connectivity index (χ1n) is 7.77. The van der Waals surface area contributed by atoms with Gasteiger partial charge in [0, 0.05) is 29.5 Å². The smallest absolute Gasteiger partial charge is 0.0331 e. The highest BCUT2D eigenvalue weighted by molar-refractivity contribution is 7.10. The molecule has 0 amide bonds. The molecule has 1 atom stereocenters. The molecular formula is C16H26N2S. The molecule has 1 aromatic heterocycles. The molecule has 0 aromatic carbocycles. The minimum atomic E-state index is 0.132. The molecule has 2 nitrogen and oxygen atoms in total. The molecule has 3 heteroatoms. The first-order valence-corrected chi connectivity index (χ1v) is 8.65. The Hall–Kier alpha value is -0.380. The van der Waals surface area contributed by atoms with Gasteiger partial charge in [-0.1, -0.05) is 19.3 Å². The molecule has 2 N–H and O–H groups in total. The highest BCUT2D eigenvalue weighted by atomic mass is 32.1. The van der Waals surface area contributed by atoms with Crippen molar-refractivity contribution in [3.05, 3.63) is 21.9 Å². The van der Waals surface area contributed by atoms with Crippen molar-refractivity contribution in [1.29, 1.82) is 0 Å². The summed E-state index contributed by atoms with van der Waals surface area (Å²) >= 11 is 1.93. The average Bonchev–Trinajstić information content (AvgIpc) is 2.88. The minimum Gasteiger partial charge on any atom is -0.325 e. The van der Waals surface area contributed by atoms with E-state index in [9.17, 15) is 0 Å². The maximum atomic E-state index is 6.57. The Kier molecular flexibility index (Phi) is 3.97. The van der Waals surface area contributed by atoms with Gasteiger partial charge in [-0.25, -0.2) is 0 Å². The Morgan fingerprint density at radius 1 is 1.37 bits per heavy atom. The Bertz CT molecular complexity index is 420. The second-order valence-corrected chi connectivity index (χ2v) is 7.43. The standard InChI is InChI=1S/C16H26N2S/c1-13-14-6-12-19-15(14)5-10-18(13)11-9-16(17)7-3-2-4-8-16/h6,12-13H,2-5,7-11,17H2,1H3. The lowest BCUT2D eigenvalue weighted by Crippen LogP contribution is -2.45. The van der Waals surface area contributed by atoms with Crippen molar-refractivity contribution in [2.75, 3.05) is 13.1 Å². The Labute approximate surface area is 121 Å². The van der Waals surface area contributed by atoms with Gasteiger partial charge in [0.15, 0.2) is 0 Å². The van der Waals surface area contributed by atoms with Crippen LogP contribution in [0.5, 0.6) is 0 Å². The second kappa shape index (κ2) is 5.55. The third-order valence-electron chi connectivity index (χ3n) is 5.15. The van der Waals surface area contributed by atoms with Gasteiger partial charge in [-0.2, -0.15) is 0 Å². The van der Waals surface area contributed by atoms with Crippen molar-refractivity contribution >= 4 is 11.3 Å². The van der Waals surface area contributed by atoms with E-state index in [1.54, 1.807) is 10.4 Å². The van der Waals surface area contributed by atoms with Gasteiger partial charge in [0.2, 0.25) is 0 Å². The minimum absolute atomic E-state index is 0.132. The van der Waals surface area contributed by atoms with Gasteiger partial charge in [-0.05, 0) is 49.6 Å². The van der Waals surface area contributed by atoms with E-state index in [-0.39, 0.29) is 5.54 Å². The van der Waals surface area contributed by atoms with Crippen molar-refractivity contribution in [2.45, 2.75) is 63.5 Å². The lowest BCUT2D eigenvalue weighted by atomic mass is 9.80. The van der Waals surface area contributed by atoms with Crippen LogP contribution in [-0.4, -0.2) is 23.5 Å². The molecule has 1 unspecified atom stereocenters. The number of thiophene rings is 1. The summed E-state index contributed by atoms with van der Waals surface area (Å²) in [5, 5.41) is 2.25. The molecule has 106 valence electrons. The molecular weight excluding hydrogens is 252 g/mol. The zero-order valence-electron chi connectivity index (χ0n) is 12.0. The zero-order chi connectivity index (χ0) is 13.3. The molecule has 0 saturated heterocycles. The van der Waals surface area contributed by atoms with Crippen LogP contribution in [-0.2, 0) is 6.42 Å². The van der Waals surface area contributed by atoms with Crippen molar-refractivity contribution in [3.63, 3.8) is 0 Å². The molecule has 1 saturated carbocycles. The lowest BCUT2D eigenvalue weighted by Gasteiger charge is -2.39. The van der Waals surface area contributed by atoms with E-state index in [0.717, 1.165) is 0 Å². The van der Waals surface area contributed by atoms with Crippen molar-refractivity contribution in [3.8, 4) is 0 Å². The molecule has 0 spiro atoms. The molecule has 2 heterocycles. The van der Waals surface area contributed by atoms with Crippen LogP contribution in [0.25, 0.3) is 0 Å². The number of rotatable bonds is 3. The van der Waals surface area contributed by atoms with Crippen LogP contribution in [0.2, 0.25) is 0 Å². The number of nitrogens with two attached hydrogens (primary N) is 1. The molecule has 2 aliphatic rings. The summed E-state index contributed by atoms with van der Waals surface area (Å²) in [7, 11) is 0. The summed E-state index contributed by atoms with van der Waals surface area (Å²) in [6, 6.07) is 2.90. The summed E-state index contributed by atoms with van der Waals surface area (Å²) in [5.74, 6) is 0. The maximum Gasteiger partial charge on any atom is 0.0331 e. The molecule has 19 heavy (non-hydrogen) atoms. The van der Waals surface area contributed by atoms with E-state index in [4.69, 9.17) is 5.73 Å². The lowest BCUT2D eigenvalue weighted by molar-refractivity contribution is 0.164. The van der Waals surface area contributed by atoms with Crippen LogP contribution in [0, 0.1) is 0 Å². The highest BCUT2D eigenvalue weighted by Gasteiger charge is 2.30. The maximum absolute atomic E-state index is 6.57. The number of nitrogens with zero attached hydrogens (tertiary/aromatic N) is 1. The summed E-state index contributed by atoms with van der Waals surface area (Å²) in [6.07, 6.45) is 8.93.